The van der Waals surface area contributed by atoms with Gasteiger partial charge in [0.2, 0.25) is 0 Å². The van der Waals surface area contributed by atoms with Crippen LogP contribution >= 0.6 is 23.2 Å². The van der Waals surface area contributed by atoms with Gasteiger partial charge in [0, 0.05) is 32.0 Å². The number of carbonyl (C=O) groups is 1. The van der Waals surface area contributed by atoms with E-state index in [1.165, 1.54) is 7.11 Å². The number of carbonyl (C=O) groups excluding carboxylic acids is 1. The molecule has 22 heavy (non-hydrogen) atoms. The predicted octanol–water partition coefficient (Wildman–Crippen LogP) is 2.98. The summed E-state index contributed by atoms with van der Waals surface area (Å²) in [6, 6.07) is 3.11. The van der Waals surface area contributed by atoms with Crippen LogP contribution in [0.5, 0.6) is 5.75 Å². The summed E-state index contributed by atoms with van der Waals surface area (Å²) in [7, 11) is 1.50. The minimum absolute atomic E-state index is 0.137. The molecule has 0 unspecified atom stereocenters. The number of hydrogen-bond acceptors (Lipinski definition) is 4. The first kappa shape index (κ1) is 15.9. The van der Waals surface area contributed by atoms with Gasteiger partial charge < -0.3 is 19.1 Å². The Morgan fingerprint density at radius 3 is 2.41 bits per heavy atom. The third-order valence-corrected chi connectivity index (χ3v) is 4.71. The first-order chi connectivity index (χ1) is 10.5. The highest BCUT2D eigenvalue weighted by Gasteiger charge is 2.41. The molecule has 2 aliphatic rings. The van der Waals surface area contributed by atoms with Crippen molar-refractivity contribution in [2.75, 3.05) is 33.4 Å². The molecule has 2 fully saturated rings. The number of amides is 1. The van der Waals surface area contributed by atoms with Crippen LogP contribution in [0.2, 0.25) is 10.0 Å². The van der Waals surface area contributed by atoms with Gasteiger partial charge in [-0.05, 0) is 6.07 Å². The molecule has 2 aliphatic heterocycles. The largest absolute Gasteiger partial charge is 0.495 e. The number of piperidine rings is 1. The minimum Gasteiger partial charge on any atom is -0.495 e. The summed E-state index contributed by atoms with van der Waals surface area (Å²) in [4.78, 5) is 14.4. The Bertz CT molecular complexity index is 577. The predicted molar refractivity (Wildman–Crippen MR) is 82.8 cm³/mol. The Morgan fingerprint density at radius 2 is 1.82 bits per heavy atom. The number of nitrogens with zero attached hydrogens (tertiary/aromatic N) is 1. The number of likely N-dealkylation sites (tertiary alicyclic amines) is 1. The van der Waals surface area contributed by atoms with Crippen molar-refractivity contribution in [2.24, 2.45) is 0 Å². The Hall–Kier alpha value is -1.01. The minimum atomic E-state index is -0.502. The number of benzene rings is 1. The lowest BCUT2D eigenvalue weighted by atomic mass is 10.0. The highest BCUT2D eigenvalue weighted by Crippen LogP contribution is 2.34. The number of methoxy groups -OCH3 is 1. The Labute approximate surface area is 139 Å². The van der Waals surface area contributed by atoms with Crippen molar-refractivity contribution >= 4 is 29.1 Å². The molecule has 2 heterocycles. The molecule has 1 spiro atoms. The van der Waals surface area contributed by atoms with Crippen molar-refractivity contribution in [1.29, 1.82) is 0 Å². The second kappa shape index (κ2) is 6.24. The zero-order valence-electron chi connectivity index (χ0n) is 12.2. The number of halogens is 2. The Kier molecular flexibility index (Phi) is 4.50. The van der Waals surface area contributed by atoms with Gasteiger partial charge in [0.15, 0.2) is 5.79 Å². The van der Waals surface area contributed by atoms with Crippen LogP contribution in [0.25, 0.3) is 0 Å². The molecule has 7 heteroatoms. The quantitative estimate of drug-likeness (QED) is 0.826. The van der Waals surface area contributed by atoms with Gasteiger partial charge in [0.1, 0.15) is 5.75 Å². The highest BCUT2D eigenvalue weighted by atomic mass is 35.5. The smallest absolute Gasteiger partial charge is 0.255 e. The standard InChI is InChI=1S/C15H17Cl2NO4/c1-20-13-9-11(16)10(8-12(13)17)14(19)18-4-2-15(3-5-18)21-6-7-22-15/h8-9H,2-7H2,1H3. The van der Waals surface area contributed by atoms with Gasteiger partial charge in [0.05, 0.1) is 35.9 Å². The van der Waals surface area contributed by atoms with E-state index < -0.39 is 5.79 Å². The summed E-state index contributed by atoms with van der Waals surface area (Å²) >= 11 is 12.3. The first-order valence-corrected chi connectivity index (χ1v) is 7.90. The zero-order chi connectivity index (χ0) is 15.7. The van der Waals surface area contributed by atoms with Crippen molar-refractivity contribution < 1.29 is 19.0 Å². The average Bonchev–Trinajstić information content (AvgIpc) is 2.97. The Morgan fingerprint density at radius 1 is 1.18 bits per heavy atom. The maximum atomic E-state index is 12.6. The van der Waals surface area contributed by atoms with E-state index >= 15 is 0 Å². The van der Waals surface area contributed by atoms with Gasteiger partial charge in [-0.25, -0.2) is 0 Å². The topological polar surface area (TPSA) is 48.0 Å². The molecular formula is C15H17Cl2NO4. The summed E-state index contributed by atoms with van der Waals surface area (Å²) in [5.74, 6) is -0.186. The fraction of sp³-hybridized carbons (Fsp3) is 0.533. The average molecular weight is 346 g/mol. The monoisotopic (exact) mass is 345 g/mol. The lowest BCUT2D eigenvalue weighted by molar-refractivity contribution is -0.181. The van der Waals surface area contributed by atoms with Crippen molar-refractivity contribution in [3.8, 4) is 5.75 Å². The van der Waals surface area contributed by atoms with E-state index in [9.17, 15) is 4.79 Å². The fourth-order valence-corrected chi connectivity index (χ4v) is 3.33. The van der Waals surface area contributed by atoms with E-state index in [1.807, 2.05) is 0 Å². The first-order valence-electron chi connectivity index (χ1n) is 7.15. The molecule has 1 amide bonds. The van der Waals surface area contributed by atoms with Gasteiger partial charge in [-0.2, -0.15) is 0 Å². The van der Waals surface area contributed by atoms with Gasteiger partial charge in [0.25, 0.3) is 5.91 Å². The molecule has 0 atom stereocenters. The van der Waals surface area contributed by atoms with Crippen LogP contribution in [-0.4, -0.2) is 50.0 Å². The SMILES string of the molecule is COc1cc(Cl)c(C(=O)N2CCC3(CC2)OCCO3)cc1Cl. The van der Waals surface area contributed by atoms with Crippen LogP contribution in [0.15, 0.2) is 12.1 Å². The lowest BCUT2D eigenvalue weighted by Crippen LogP contribution is -2.47. The Balaban J connectivity index is 1.73. The molecule has 120 valence electrons. The molecule has 3 rings (SSSR count). The van der Waals surface area contributed by atoms with E-state index in [0.717, 1.165) is 0 Å². The second-order valence-electron chi connectivity index (χ2n) is 5.37. The van der Waals surface area contributed by atoms with Crippen LogP contribution in [0.4, 0.5) is 0 Å². The molecule has 0 aliphatic carbocycles. The zero-order valence-corrected chi connectivity index (χ0v) is 13.7. The van der Waals surface area contributed by atoms with Gasteiger partial charge in [-0.1, -0.05) is 23.2 Å². The number of rotatable bonds is 2. The van der Waals surface area contributed by atoms with Crippen LogP contribution in [0.3, 0.4) is 0 Å². The lowest BCUT2D eigenvalue weighted by Gasteiger charge is -2.37. The summed E-state index contributed by atoms with van der Waals surface area (Å²) in [6.07, 6.45) is 1.33. The van der Waals surface area contributed by atoms with Crippen LogP contribution in [0.1, 0.15) is 23.2 Å². The van der Waals surface area contributed by atoms with Crippen LogP contribution in [-0.2, 0) is 9.47 Å². The van der Waals surface area contributed by atoms with Crippen LogP contribution < -0.4 is 4.74 Å². The normalized spacial score (nSPS) is 20.4. The number of ether oxygens (including phenoxy) is 3. The van der Waals surface area contributed by atoms with E-state index in [0.29, 0.717) is 60.5 Å². The third kappa shape index (κ3) is 2.91. The van der Waals surface area contributed by atoms with Crippen molar-refractivity contribution in [3.63, 3.8) is 0 Å². The molecule has 1 aromatic rings. The number of hydrogen-bond donors (Lipinski definition) is 0. The molecule has 0 bridgehead atoms. The van der Waals surface area contributed by atoms with E-state index in [4.69, 9.17) is 37.4 Å². The van der Waals surface area contributed by atoms with Crippen molar-refractivity contribution in [2.45, 2.75) is 18.6 Å². The second-order valence-corrected chi connectivity index (χ2v) is 6.18. The van der Waals surface area contributed by atoms with Crippen molar-refractivity contribution in [3.05, 3.63) is 27.7 Å². The molecule has 0 N–H and O–H groups in total. The maximum absolute atomic E-state index is 12.6. The molecule has 0 saturated carbocycles. The summed E-state index contributed by atoms with van der Waals surface area (Å²) in [5.41, 5.74) is 0.386. The van der Waals surface area contributed by atoms with E-state index in [2.05, 4.69) is 0 Å². The maximum Gasteiger partial charge on any atom is 0.255 e. The molecule has 0 aromatic heterocycles. The summed E-state index contributed by atoms with van der Waals surface area (Å²) in [5, 5.41) is 0.700. The molecule has 5 nitrogen and oxygen atoms in total. The van der Waals surface area contributed by atoms with Gasteiger partial charge in [-0.15, -0.1) is 0 Å². The van der Waals surface area contributed by atoms with E-state index in [1.54, 1.807) is 17.0 Å². The summed E-state index contributed by atoms with van der Waals surface area (Å²) < 4.78 is 16.4. The highest BCUT2D eigenvalue weighted by molar-refractivity contribution is 6.36. The van der Waals surface area contributed by atoms with Gasteiger partial charge in [-0.3, -0.25) is 4.79 Å². The molecule has 1 aromatic carbocycles. The molecular weight excluding hydrogens is 329 g/mol. The van der Waals surface area contributed by atoms with Crippen molar-refractivity contribution in [1.82, 2.24) is 4.90 Å². The van der Waals surface area contributed by atoms with Gasteiger partial charge >= 0.3 is 0 Å². The fourth-order valence-electron chi connectivity index (χ4n) is 2.86. The summed E-state index contributed by atoms with van der Waals surface area (Å²) in [6.45, 7) is 2.37. The molecule has 2 saturated heterocycles. The third-order valence-electron chi connectivity index (χ3n) is 4.10. The van der Waals surface area contributed by atoms with E-state index in [-0.39, 0.29) is 5.91 Å². The van der Waals surface area contributed by atoms with Crippen LogP contribution in [0, 0.1) is 0 Å². The molecule has 0 radical (unpaired) electrons.